The number of alkyl halides is 3. The summed E-state index contributed by atoms with van der Waals surface area (Å²) in [5, 5.41) is 5.24. The lowest BCUT2D eigenvalue weighted by Crippen LogP contribution is -2.16. The van der Waals surface area contributed by atoms with Crippen LogP contribution in [-0.2, 0) is 11.0 Å². The normalized spacial score (nSPS) is 11.4. The predicted molar refractivity (Wildman–Crippen MR) is 101 cm³/mol. The molecule has 0 spiro atoms. The molecule has 2 aromatic carbocycles. The third-order valence-electron chi connectivity index (χ3n) is 3.39. The lowest BCUT2D eigenvalue weighted by molar-refractivity contribution is -0.137. The highest BCUT2D eigenvalue weighted by molar-refractivity contribution is 7.99. The molecule has 0 fully saturated rings. The van der Waals surface area contributed by atoms with Crippen LogP contribution in [0.4, 0.5) is 24.5 Å². The summed E-state index contributed by atoms with van der Waals surface area (Å²) in [6.45, 7) is 5.32. The van der Waals surface area contributed by atoms with E-state index in [1.165, 1.54) is 6.92 Å². The van der Waals surface area contributed by atoms with E-state index in [0.29, 0.717) is 10.8 Å². The van der Waals surface area contributed by atoms with Gasteiger partial charge in [0.05, 0.1) is 16.9 Å². The maximum Gasteiger partial charge on any atom is 0.416 e. The quantitative estimate of drug-likeness (QED) is 0.664. The molecule has 0 aliphatic carbocycles. The number of carbonyl (C=O) groups excluding carboxylic acids is 2. The standard InChI is InChI=1S/C19H19F3N2O2S/c1-11(2)27-15-7-4-13(5-8-15)18(26)24-17-10-14(19(20,21)22)6-9-16(17)23-12(3)25/h4-11H,1-3H3,(H,23,25)(H,24,26). The number of hydrogen-bond acceptors (Lipinski definition) is 3. The highest BCUT2D eigenvalue weighted by Crippen LogP contribution is 2.34. The van der Waals surface area contributed by atoms with Crippen LogP contribution in [0, 0.1) is 0 Å². The molecule has 2 N–H and O–H groups in total. The van der Waals surface area contributed by atoms with E-state index in [-0.39, 0.29) is 11.4 Å². The molecule has 4 nitrogen and oxygen atoms in total. The highest BCUT2D eigenvalue weighted by atomic mass is 32.2. The lowest BCUT2D eigenvalue weighted by Gasteiger charge is -2.15. The Morgan fingerprint density at radius 2 is 1.59 bits per heavy atom. The summed E-state index contributed by atoms with van der Waals surface area (Å²) >= 11 is 1.63. The predicted octanol–water partition coefficient (Wildman–Crippen LogP) is 5.42. The minimum atomic E-state index is -4.57. The molecule has 0 aromatic heterocycles. The van der Waals surface area contributed by atoms with Gasteiger partial charge in [0.25, 0.3) is 5.91 Å². The fourth-order valence-corrected chi connectivity index (χ4v) is 3.11. The van der Waals surface area contributed by atoms with Crippen molar-refractivity contribution >= 4 is 35.0 Å². The van der Waals surface area contributed by atoms with Gasteiger partial charge in [-0.1, -0.05) is 13.8 Å². The minimum Gasteiger partial charge on any atom is -0.325 e. The van der Waals surface area contributed by atoms with Gasteiger partial charge in [-0.15, -0.1) is 11.8 Å². The van der Waals surface area contributed by atoms with Crippen LogP contribution in [0.15, 0.2) is 47.4 Å². The second-order valence-electron chi connectivity index (χ2n) is 6.08. The van der Waals surface area contributed by atoms with Crippen molar-refractivity contribution < 1.29 is 22.8 Å². The summed E-state index contributed by atoms with van der Waals surface area (Å²) in [5.74, 6) is -1.03. The first-order valence-corrected chi connectivity index (χ1v) is 9.01. The minimum absolute atomic E-state index is 0.0934. The van der Waals surface area contributed by atoms with Crippen molar-refractivity contribution in [2.24, 2.45) is 0 Å². The van der Waals surface area contributed by atoms with Crippen LogP contribution in [0.2, 0.25) is 0 Å². The van der Waals surface area contributed by atoms with Crippen LogP contribution in [-0.4, -0.2) is 17.1 Å². The van der Waals surface area contributed by atoms with E-state index < -0.39 is 23.6 Å². The SMILES string of the molecule is CC(=O)Nc1ccc(C(F)(F)F)cc1NC(=O)c1ccc(SC(C)C)cc1. The lowest BCUT2D eigenvalue weighted by atomic mass is 10.1. The Balaban J connectivity index is 2.27. The Morgan fingerprint density at radius 3 is 2.11 bits per heavy atom. The van der Waals surface area contributed by atoms with Crippen molar-refractivity contribution in [1.29, 1.82) is 0 Å². The molecule has 0 radical (unpaired) electrons. The molecule has 8 heteroatoms. The van der Waals surface area contributed by atoms with Crippen LogP contribution in [0.3, 0.4) is 0 Å². The summed E-state index contributed by atoms with van der Waals surface area (Å²) in [6.07, 6.45) is -4.57. The van der Waals surface area contributed by atoms with Crippen LogP contribution >= 0.6 is 11.8 Å². The molecule has 0 saturated carbocycles. The zero-order chi connectivity index (χ0) is 20.2. The first-order chi connectivity index (χ1) is 12.6. The molecule has 27 heavy (non-hydrogen) atoms. The number of benzene rings is 2. The molecule has 0 aliphatic heterocycles. The van der Waals surface area contributed by atoms with Gasteiger partial charge in [0.1, 0.15) is 0 Å². The smallest absolute Gasteiger partial charge is 0.325 e. The molecule has 0 unspecified atom stereocenters. The number of amides is 2. The Hall–Kier alpha value is -2.48. The number of hydrogen-bond donors (Lipinski definition) is 2. The van der Waals surface area contributed by atoms with E-state index in [2.05, 4.69) is 10.6 Å². The number of carbonyl (C=O) groups is 2. The van der Waals surface area contributed by atoms with Gasteiger partial charge in [0, 0.05) is 22.6 Å². The molecule has 0 saturated heterocycles. The molecule has 0 atom stereocenters. The van der Waals surface area contributed by atoms with Crippen molar-refractivity contribution in [3.05, 3.63) is 53.6 Å². The molecule has 2 aromatic rings. The van der Waals surface area contributed by atoms with E-state index in [4.69, 9.17) is 0 Å². The van der Waals surface area contributed by atoms with Crippen LogP contribution in [0.25, 0.3) is 0 Å². The summed E-state index contributed by atoms with van der Waals surface area (Å²) in [5.41, 5.74) is -0.647. The van der Waals surface area contributed by atoms with Gasteiger partial charge in [-0.25, -0.2) is 0 Å². The molecule has 0 bridgehead atoms. The molecular formula is C19H19F3N2O2S. The first kappa shape index (κ1) is 20.8. The summed E-state index contributed by atoms with van der Waals surface area (Å²) < 4.78 is 38.9. The number of thioether (sulfide) groups is 1. The van der Waals surface area contributed by atoms with Gasteiger partial charge in [-0.3, -0.25) is 9.59 Å². The van der Waals surface area contributed by atoms with Crippen molar-refractivity contribution in [3.63, 3.8) is 0 Å². The van der Waals surface area contributed by atoms with Crippen LogP contribution < -0.4 is 10.6 Å². The van der Waals surface area contributed by atoms with Gasteiger partial charge in [-0.2, -0.15) is 13.2 Å². The van der Waals surface area contributed by atoms with Gasteiger partial charge in [0.15, 0.2) is 0 Å². The zero-order valence-electron chi connectivity index (χ0n) is 15.0. The van der Waals surface area contributed by atoms with Gasteiger partial charge < -0.3 is 10.6 Å². The third kappa shape index (κ3) is 6.02. The van der Waals surface area contributed by atoms with E-state index >= 15 is 0 Å². The largest absolute Gasteiger partial charge is 0.416 e. The monoisotopic (exact) mass is 396 g/mol. The Morgan fingerprint density at radius 1 is 0.963 bits per heavy atom. The Kier molecular flexibility index (Phi) is 6.54. The number of nitrogens with one attached hydrogen (secondary N) is 2. The molecule has 144 valence electrons. The summed E-state index contributed by atoms with van der Waals surface area (Å²) in [7, 11) is 0. The fourth-order valence-electron chi connectivity index (χ4n) is 2.27. The van der Waals surface area contributed by atoms with Crippen LogP contribution in [0.5, 0.6) is 0 Å². The molecule has 2 amide bonds. The first-order valence-electron chi connectivity index (χ1n) is 8.13. The Labute approximate surface area is 159 Å². The number of halogens is 3. The average Bonchev–Trinajstić information content (AvgIpc) is 2.55. The Bertz CT molecular complexity index is 834. The van der Waals surface area contributed by atoms with Gasteiger partial charge in [-0.05, 0) is 42.5 Å². The number of anilines is 2. The van der Waals surface area contributed by atoms with Crippen molar-refractivity contribution in [2.45, 2.75) is 37.1 Å². The summed E-state index contributed by atoms with van der Waals surface area (Å²) in [6, 6.07) is 9.52. The van der Waals surface area contributed by atoms with E-state index in [9.17, 15) is 22.8 Å². The van der Waals surface area contributed by atoms with Crippen molar-refractivity contribution in [3.8, 4) is 0 Å². The van der Waals surface area contributed by atoms with E-state index in [0.717, 1.165) is 23.1 Å². The summed E-state index contributed by atoms with van der Waals surface area (Å²) in [4.78, 5) is 24.7. The molecule has 2 rings (SSSR count). The van der Waals surface area contributed by atoms with Crippen molar-refractivity contribution in [1.82, 2.24) is 0 Å². The topological polar surface area (TPSA) is 58.2 Å². The zero-order valence-corrected chi connectivity index (χ0v) is 15.8. The maximum absolute atomic E-state index is 13.0. The van der Waals surface area contributed by atoms with Crippen LogP contribution in [0.1, 0.15) is 36.7 Å². The maximum atomic E-state index is 13.0. The van der Waals surface area contributed by atoms with Crippen molar-refractivity contribution in [2.75, 3.05) is 10.6 Å². The molecule has 0 aliphatic rings. The third-order valence-corrected chi connectivity index (χ3v) is 4.41. The van der Waals surface area contributed by atoms with E-state index in [1.807, 2.05) is 13.8 Å². The van der Waals surface area contributed by atoms with Gasteiger partial charge in [0.2, 0.25) is 5.91 Å². The molecular weight excluding hydrogens is 377 g/mol. The second kappa shape index (κ2) is 8.47. The second-order valence-corrected chi connectivity index (χ2v) is 7.73. The number of rotatable bonds is 5. The average molecular weight is 396 g/mol. The van der Waals surface area contributed by atoms with E-state index in [1.54, 1.807) is 36.0 Å². The fraction of sp³-hybridized carbons (Fsp3) is 0.263. The van der Waals surface area contributed by atoms with Gasteiger partial charge >= 0.3 is 6.18 Å². The molecule has 0 heterocycles. The highest BCUT2D eigenvalue weighted by Gasteiger charge is 2.31.